The number of likely N-dealkylation sites (N-methyl/N-ethyl adjacent to an activating group) is 1. The molecule has 1 aliphatic heterocycles. The second kappa shape index (κ2) is 8.15. The summed E-state index contributed by atoms with van der Waals surface area (Å²) < 4.78 is 25.5. The minimum Gasteiger partial charge on any atom is -0.347 e. The van der Waals surface area contributed by atoms with Crippen molar-refractivity contribution in [3.8, 4) is 0 Å². The summed E-state index contributed by atoms with van der Waals surface area (Å²) in [5.41, 5.74) is 0.410. The molecule has 1 N–H and O–H groups in total. The zero-order chi connectivity index (χ0) is 19.5. The van der Waals surface area contributed by atoms with Crippen molar-refractivity contribution < 1.29 is 18.0 Å². The second-order valence-corrected chi connectivity index (χ2v) is 8.88. The smallest absolute Gasteiger partial charge is 0.242 e. The van der Waals surface area contributed by atoms with E-state index >= 15 is 0 Å². The molecule has 1 aliphatic rings. The summed E-state index contributed by atoms with van der Waals surface area (Å²) in [5.74, 6) is -0.280. The summed E-state index contributed by atoms with van der Waals surface area (Å²) >= 11 is 0. The van der Waals surface area contributed by atoms with Gasteiger partial charge in [-0.2, -0.15) is 0 Å². The van der Waals surface area contributed by atoms with E-state index in [0.29, 0.717) is 12.2 Å². The number of nitrogens with one attached hydrogen (secondary N) is 1. The van der Waals surface area contributed by atoms with E-state index in [1.807, 2.05) is 4.90 Å². The molecule has 0 aliphatic carbocycles. The van der Waals surface area contributed by atoms with Gasteiger partial charge in [0.05, 0.1) is 17.5 Å². The first-order valence-corrected chi connectivity index (χ1v) is 9.84. The third-order valence-electron chi connectivity index (χ3n) is 4.33. The van der Waals surface area contributed by atoms with Crippen molar-refractivity contribution in [3.63, 3.8) is 0 Å². The van der Waals surface area contributed by atoms with Crippen LogP contribution in [-0.2, 0) is 19.6 Å². The van der Waals surface area contributed by atoms with Crippen molar-refractivity contribution in [3.05, 3.63) is 24.3 Å². The molecule has 0 aromatic heterocycles. The van der Waals surface area contributed by atoms with E-state index in [0.717, 1.165) is 17.1 Å². The maximum atomic E-state index is 12.4. The monoisotopic (exact) mass is 382 g/mol. The van der Waals surface area contributed by atoms with Crippen molar-refractivity contribution in [1.82, 2.24) is 14.1 Å². The fourth-order valence-electron chi connectivity index (χ4n) is 2.92. The van der Waals surface area contributed by atoms with Crippen LogP contribution < -0.4 is 5.32 Å². The summed E-state index contributed by atoms with van der Waals surface area (Å²) in [4.78, 5) is 28.1. The first kappa shape index (κ1) is 20.3. The van der Waals surface area contributed by atoms with Crippen molar-refractivity contribution in [2.75, 3.05) is 46.6 Å². The zero-order valence-electron chi connectivity index (χ0n) is 15.6. The van der Waals surface area contributed by atoms with Crippen molar-refractivity contribution in [2.45, 2.75) is 23.8 Å². The molecular weight excluding hydrogens is 356 g/mol. The molecule has 8 nitrogen and oxygen atoms in total. The molecule has 1 aromatic carbocycles. The molecule has 0 spiro atoms. The number of sulfonamides is 1. The lowest BCUT2D eigenvalue weighted by atomic mass is 10.2. The lowest BCUT2D eigenvalue weighted by Gasteiger charge is -2.25. The molecule has 26 heavy (non-hydrogen) atoms. The third-order valence-corrected chi connectivity index (χ3v) is 6.14. The predicted octanol–water partition coefficient (Wildman–Crippen LogP) is 0.428. The number of benzene rings is 1. The second-order valence-electron chi connectivity index (χ2n) is 6.72. The van der Waals surface area contributed by atoms with Gasteiger partial charge < -0.3 is 10.2 Å². The van der Waals surface area contributed by atoms with E-state index in [1.54, 1.807) is 26.2 Å². The predicted molar refractivity (Wildman–Crippen MR) is 99.2 cm³/mol. The molecular formula is C17H26N4O4S. The van der Waals surface area contributed by atoms with Crippen molar-refractivity contribution in [1.29, 1.82) is 0 Å². The van der Waals surface area contributed by atoms with Crippen molar-refractivity contribution >= 4 is 27.5 Å². The van der Waals surface area contributed by atoms with Gasteiger partial charge in [-0.1, -0.05) is 6.07 Å². The topological polar surface area (TPSA) is 90.0 Å². The molecule has 2 amide bonds. The van der Waals surface area contributed by atoms with Gasteiger partial charge in [-0.3, -0.25) is 14.5 Å². The van der Waals surface area contributed by atoms with Crippen LogP contribution in [0.2, 0.25) is 0 Å². The molecule has 1 fully saturated rings. The number of carbonyl (C=O) groups is 2. The van der Waals surface area contributed by atoms with E-state index < -0.39 is 10.0 Å². The molecule has 9 heteroatoms. The number of amides is 2. The summed E-state index contributed by atoms with van der Waals surface area (Å²) in [5, 5.41) is 2.72. The zero-order valence-corrected chi connectivity index (χ0v) is 16.4. The van der Waals surface area contributed by atoms with E-state index in [4.69, 9.17) is 0 Å². The fourth-order valence-corrected chi connectivity index (χ4v) is 3.87. The Morgan fingerprint density at radius 1 is 1.23 bits per heavy atom. The summed E-state index contributed by atoms with van der Waals surface area (Å²) in [6.07, 6.45) is 1.61. The van der Waals surface area contributed by atoms with Crippen LogP contribution in [0.5, 0.6) is 0 Å². The Bertz CT molecular complexity index is 777. The highest BCUT2D eigenvalue weighted by Crippen LogP contribution is 2.20. The number of rotatable bonds is 6. The summed E-state index contributed by atoms with van der Waals surface area (Å²) in [7, 11) is 2.75. The Morgan fingerprint density at radius 3 is 2.54 bits per heavy atom. The van der Waals surface area contributed by atoms with Gasteiger partial charge in [-0.25, -0.2) is 12.7 Å². The van der Waals surface area contributed by atoms with Gasteiger partial charge in [-0.05, 0) is 37.6 Å². The molecule has 1 atom stereocenters. The van der Waals surface area contributed by atoms with Crippen LogP contribution in [0.3, 0.4) is 0 Å². The van der Waals surface area contributed by atoms with E-state index in [9.17, 15) is 18.0 Å². The highest BCUT2D eigenvalue weighted by molar-refractivity contribution is 7.89. The van der Waals surface area contributed by atoms with Crippen LogP contribution in [0.1, 0.15) is 12.8 Å². The average Bonchev–Trinajstić information content (AvgIpc) is 3.01. The van der Waals surface area contributed by atoms with E-state index in [2.05, 4.69) is 5.32 Å². The number of nitrogens with zero attached hydrogens (tertiary/aromatic N) is 3. The van der Waals surface area contributed by atoms with Gasteiger partial charge in [-0.15, -0.1) is 0 Å². The molecule has 0 bridgehead atoms. The first-order valence-electron chi connectivity index (χ1n) is 8.40. The van der Waals surface area contributed by atoms with Gasteiger partial charge in [0.15, 0.2) is 0 Å². The Hall–Kier alpha value is -1.97. The molecule has 0 saturated carbocycles. The Morgan fingerprint density at radius 2 is 1.92 bits per heavy atom. The largest absolute Gasteiger partial charge is 0.347 e. The van der Waals surface area contributed by atoms with E-state index in [1.165, 1.54) is 31.1 Å². The number of hydrogen-bond donors (Lipinski definition) is 1. The quantitative estimate of drug-likeness (QED) is 0.771. The highest BCUT2D eigenvalue weighted by atomic mass is 32.2. The van der Waals surface area contributed by atoms with Gasteiger partial charge in [0.1, 0.15) is 0 Å². The molecule has 2 rings (SSSR count). The SMILES string of the molecule is CN(C)C(=O)C1CCCN1CC(=O)Nc1cccc(S(=O)(=O)N(C)C)c1. The molecule has 1 heterocycles. The van der Waals surface area contributed by atoms with Gasteiger partial charge >= 0.3 is 0 Å². The number of likely N-dealkylation sites (tertiary alicyclic amines) is 1. The number of hydrogen-bond acceptors (Lipinski definition) is 5. The minimum absolute atomic E-state index is 0.00521. The van der Waals surface area contributed by atoms with Crippen LogP contribution in [0.4, 0.5) is 5.69 Å². The first-order chi connectivity index (χ1) is 12.1. The molecule has 1 unspecified atom stereocenters. The van der Waals surface area contributed by atoms with Crippen LogP contribution in [0.25, 0.3) is 0 Å². The Labute approximate surface area is 154 Å². The van der Waals surface area contributed by atoms with E-state index in [-0.39, 0.29) is 29.3 Å². The van der Waals surface area contributed by atoms with Crippen LogP contribution in [-0.4, -0.2) is 81.7 Å². The van der Waals surface area contributed by atoms with Gasteiger partial charge in [0.2, 0.25) is 21.8 Å². The lowest BCUT2D eigenvalue weighted by molar-refractivity contribution is -0.133. The van der Waals surface area contributed by atoms with Crippen LogP contribution in [0, 0.1) is 0 Å². The molecule has 0 radical (unpaired) electrons. The molecule has 1 saturated heterocycles. The summed E-state index contributed by atoms with van der Waals surface area (Å²) in [6.45, 7) is 0.779. The normalized spacial score (nSPS) is 18.1. The Balaban J connectivity index is 2.05. The fraction of sp³-hybridized carbons (Fsp3) is 0.529. The average molecular weight is 382 g/mol. The standard InChI is InChI=1S/C17H26N4O4S/c1-19(2)17(23)15-9-6-10-21(15)12-16(22)18-13-7-5-8-14(11-13)26(24,25)20(3)4/h5,7-8,11,15H,6,9-10,12H2,1-4H3,(H,18,22). The van der Waals surface area contributed by atoms with Crippen molar-refractivity contribution in [2.24, 2.45) is 0 Å². The highest BCUT2D eigenvalue weighted by Gasteiger charge is 2.32. The summed E-state index contributed by atoms with van der Waals surface area (Å²) in [6, 6.07) is 5.85. The maximum Gasteiger partial charge on any atom is 0.242 e. The third kappa shape index (κ3) is 4.60. The minimum atomic E-state index is -3.57. The number of anilines is 1. The molecule has 1 aromatic rings. The number of carbonyl (C=O) groups excluding carboxylic acids is 2. The van der Waals surface area contributed by atoms with Gasteiger partial charge in [0, 0.05) is 33.9 Å². The Kier molecular flexibility index (Phi) is 6.38. The van der Waals surface area contributed by atoms with Crippen LogP contribution >= 0.6 is 0 Å². The van der Waals surface area contributed by atoms with Gasteiger partial charge in [0.25, 0.3) is 0 Å². The molecule has 144 valence electrons. The maximum absolute atomic E-state index is 12.4. The van der Waals surface area contributed by atoms with Crippen LogP contribution in [0.15, 0.2) is 29.2 Å². The lowest BCUT2D eigenvalue weighted by Crippen LogP contribution is -2.45.